The van der Waals surface area contributed by atoms with E-state index in [-0.39, 0.29) is 31.3 Å². The van der Waals surface area contributed by atoms with Gasteiger partial charge in [-0.1, -0.05) is 0 Å². The van der Waals surface area contributed by atoms with Crippen molar-refractivity contribution in [3.8, 4) is 0 Å². The van der Waals surface area contributed by atoms with Gasteiger partial charge in [-0.2, -0.15) is 0 Å². The zero-order valence-electron chi connectivity index (χ0n) is 21.2. The van der Waals surface area contributed by atoms with Crippen molar-refractivity contribution in [1.82, 2.24) is 9.55 Å². The molecule has 0 fully saturated rings. The fourth-order valence-corrected chi connectivity index (χ4v) is 4.05. The zero-order valence-corrected chi connectivity index (χ0v) is 21.2. The molecule has 3 aromatic carbocycles. The van der Waals surface area contributed by atoms with E-state index in [1.807, 2.05) is 29.8 Å². The van der Waals surface area contributed by atoms with Gasteiger partial charge in [-0.25, -0.2) is 9.37 Å². The molecule has 0 bridgehead atoms. The minimum Gasteiger partial charge on any atom is -0.466 e. The number of fused-ring (bicyclic) bond motifs is 1. The molecule has 38 heavy (non-hydrogen) atoms. The standard InChI is InChI=1S/C28H29FN6O3/c1-3-38-26(36)14-15-35(22-11-7-20(29)8-12-22)28(37)19-6-13-24-23(16-19)33-25(34(24)2)17-32-21-9-4-18(5-10-21)27(30)31/h4-13,16,32H,3,14-15,17H2,1-2H3,(H3,30,31). The number of nitrogens with two attached hydrogens (primary N) is 1. The molecule has 0 aliphatic carbocycles. The van der Waals surface area contributed by atoms with Crippen LogP contribution in [0.5, 0.6) is 0 Å². The fourth-order valence-electron chi connectivity index (χ4n) is 4.05. The van der Waals surface area contributed by atoms with Gasteiger partial charge in [0.25, 0.3) is 5.91 Å². The number of nitrogens with zero attached hydrogens (tertiary/aromatic N) is 3. The van der Waals surface area contributed by atoms with Gasteiger partial charge in [0.2, 0.25) is 0 Å². The lowest BCUT2D eigenvalue weighted by Crippen LogP contribution is -2.33. The lowest BCUT2D eigenvalue weighted by atomic mass is 10.1. The highest BCUT2D eigenvalue weighted by Gasteiger charge is 2.21. The van der Waals surface area contributed by atoms with Gasteiger partial charge in [0.15, 0.2) is 0 Å². The maximum atomic E-state index is 13.5. The largest absolute Gasteiger partial charge is 0.466 e. The number of aryl methyl sites for hydroxylation is 1. The third-order valence-electron chi connectivity index (χ3n) is 6.10. The third kappa shape index (κ3) is 5.97. The highest BCUT2D eigenvalue weighted by atomic mass is 19.1. The Morgan fingerprint density at radius 2 is 1.76 bits per heavy atom. The molecule has 196 valence electrons. The van der Waals surface area contributed by atoms with Gasteiger partial charge in [-0.3, -0.25) is 15.0 Å². The molecule has 0 saturated carbocycles. The SMILES string of the molecule is CCOC(=O)CCN(C(=O)c1ccc2c(c1)nc(CNc1ccc(C(=N)N)cc1)n2C)c1ccc(F)cc1. The number of carbonyl (C=O) groups is 2. The van der Waals surface area contributed by atoms with Crippen LogP contribution in [0, 0.1) is 11.2 Å². The highest BCUT2D eigenvalue weighted by molar-refractivity contribution is 6.07. The van der Waals surface area contributed by atoms with Crippen LogP contribution in [0.2, 0.25) is 0 Å². The number of amides is 1. The Labute approximate surface area is 219 Å². The summed E-state index contributed by atoms with van der Waals surface area (Å²) in [4.78, 5) is 31.6. The average molecular weight is 517 g/mol. The van der Waals surface area contributed by atoms with Crippen molar-refractivity contribution >= 4 is 40.1 Å². The second-order valence-electron chi connectivity index (χ2n) is 8.62. The third-order valence-corrected chi connectivity index (χ3v) is 6.10. The molecule has 0 aliphatic heterocycles. The number of anilines is 2. The molecule has 1 heterocycles. The van der Waals surface area contributed by atoms with E-state index >= 15 is 0 Å². The number of ether oxygens (including phenoxy) is 1. The summed E-state index contributed by atoms with van der Waals surface area (Å²) >= 11 is 0. The number of nitrogen functional groups attached to an aromatic ring is 1. The zero-order chi connectivity index (χ0) is 27.2. The van der Waals surface area contributed by atoms with Crippen LogP contribution in [-0.4, -0.2) is 40.4 Å². The van der Waals surface area contributed by atoms with E-state index < -0.39 is 11.8 Å². The van der Waals surface area contributed by atoms with Crippen molar-refractivity contribution in [3.05, 3.63) is 89.5 Å². The molecule has 0 saturated heterocycles. The minimum atomic E-state index is -0.419. The quantitative estimate of drug-likeness (QED) is 0.165. The molecule has 0 atom stereocenters. The van der Waals surface area contributed by atoms with Crippen molar-refractivity contribution in [2.45, 2.75) is 19.9 Å². The molecule has 0 unspecified atom stereocenters. The molecule has 0 spiro atoms. The van der Waals surface area contributed by atoms with Crippen LogP contribution in [0.1, 0.15) is 35.1 Å². The summed E-state index contributed by atoms with van der Waals surface area (Å²) < 4.78 is 20.5. The number of hydrogen-bond acceptors (Lipinski definition) is 6. The van der Waals surface area contributed by atoms with E-state index in [1.165, 1.54) is 29.2 Å². The molecule has 10 heteroatoms. The summed E-state index contributed by atoms with van der Waals surface area (Å²) in [5.41, 5.74) is 9.38. The Hall–Kier alpha value is -4.73. The van der Waals surface area contributed by atoms with E-state index in [0.717, 1.165) is 17.0 Å². The Morgan fingerprint density at radius 3 is 2.42 bits per heavy atom. The minimum absolute atomic E-state index is 0.00595. The van der Waals surface area contributed by atoms with Gasteiger partial charge in [-0.15, -0.1) is 0 Å². The summed E-state index contributed by atoms with van der Waals surface area (Å²) in [6.07, 6.45) is 0.00595. The Kier molecular flexibility index (Phi) is 8.00. The van der Waals surface area contributed by atoms with Crippen LogP contribution in [0.3, 0.4) is 0 Å². The average Bonchev–Trinajstić information content (AvgIpc) is 3.23. The van der Waals surface area contributed by atoms with Crippen LogP contribution in [0.4, 0.5) is 15.8 Å². The molecular formula is C28H29FN6O3. The van der Waals surface area contributed by atoms with Crippen molar-refractivity contribution in [2.75, 3.05) is 23.4 Å². The number of halogens is 1. The lowest BCUT2D eigenvalue weighted by molar-refractivity contribution is -0.142. The normalized spacial score (nSPS) is 10.8. The topological polar surface area (TPSA) is 126 Å². The molecular weight excluding hydrogens is 487 g/mol. The van der Waals surface area contributed by atoms with Crippen LogP contribution >= 0.6 is 0 Å². The molecule has 0 radical (unpaired) electrons. The first-order chi connectivity index (χ1) is 18.3. The van der Waals surface area contributed by atoms with Crippen LogP contribution in [0.25, 0.3) is 11.0 Å². The summed E-state index contributed by atoms with van der Waals surface area (Å²) in [5, 5.41) is 10.8. The van der Waals surface area contributed by atoms with E-state index in [1.54, 1.807) is 31.2 Å². The molecule has 1 amide bonds. The Morgan fingerprint density at radius 1 is 1.08 bits per heavy atom. The second kappa shape index (κ2) is 11.5. The van der Waals surface area contributed by atoms with E-state index in [4.69, 9.17) is 20.9 Å². The number of benzene rings is 3. The van der Waals surface area contributed by atoms with Crippen molar-refractivity contribution < 1.29 is 18.7 Å². The molecule has 1 aromatic heterocycles. The number of hydrogen-bond donors (Lipinski definition) is 3. The van der Waals surface area contributed by atoms with Gasteiger partial charge in [-0.05, 0) is 73.7 Å². The van der Waals surface area contributed by atoms with Gasteiger partial charge in [0.1, 0.15) is 17.5 Å². The van der Waals surface area contributed by atoms with Gasteiger partial charge < -0.3 is 25.3 Å². The van der Waals surface area contributed by atoms with Crippen LogP contribution < -0.4 is 16.0 Å². The van der Waals surface area contributed by atoms with Gasteiger partial charge in [0.05, 0.1) is 30.6 Å². The smallest absolute Gasteiger partial charge is 0.307 e. The van der Waals surface area contributed by atoms with E-state index in [2.05, 4.69) is 5.32 Å². The Bertz CT molecular complexity index is 1460. The predicted molar refractivity (Wildman–Crippen MR) is 145 cm³/mol. The summed E-state index contributed by atoms with van der Waals surface area (Å²) in [5.74, 6) is -0.397. The van der Waals surface area contributed by atoms with Crippen molar-refractivity contribution in [2.24, 2.45) is 12.8 Å². The number of imidazole rings is 1. The lowest BCUT2D eigenvalue weighted by Gasteiger charge is -2.22. The van der Waals surface area contributed by atoms with Crippen LogP contribution in [0.15, 0.2) is 66.7 Å². The summed E-state index contributed by atoms with van der Waals surface area (Å²) in [6, 6.07) is 18.0. The molecule has 4 N–H and O–H groups in total. The summed E-state index contributed by atoms with van der Waals surface area (Å²) in [6.45, 7) is 2.49. The van der Waals surface area contributed by atoms with E-state index in [0.29, 0.717) is 28.9 Å². The number of nitrogens with one attached hydrogen (secondary N) is 2. The van der Waals surface area contributed by atoms with Crippen molar-refractivity contribution in [1.29, 1.82) is 5.41 Å². The first kappa shape index (κ1) is 26.3. The number of carbonyl (C=O) groups excluding carboxylic acids is 2. The number of rotatable bonds is 10. The highest BCUT2D eigenvalue weighted by Crippen LogP contribution is 2.23. The van der Waals surface area contributed by atoms with Crippen LogP contribution in [-0.2, 0) is 23.1 Å². The van der Waals surface area contributed by atoms with Crippen molar-refractivity contribution in [3.63, 3.8) is 0 Å². The molecule has 0 aliphatic rings. The molecule has 9 nitrogen and oxygen atoms in total. The number of esters is 1. The Balaban J connectivity index is 1.55. The van der Waals surface area contributed by atoms with Gasteiger partial charge >= 0.3 is 5.97 Å². The monoisotopic (exact) mass is 516 g/mol. The number of amidine groups is 1. The van der Waals surface area contributed by atoms with E-state index in [9.17, 15) is 14.0 Å². The first-order valence-corrected chi connectivity index (χ1v) is 12.1. The molecule has 4 rings (SSSR count). The fraction of sp³-hybridized carbons (Fsp3) is 0.214. The first-order valence-electron chi connectivity index (χ1n) is 12.1. The second-order valence-corrected chi connectivity index (χ2v) is 8.62. The van der Waals surface area contributed by atoms with Gasteiger partial charge in [0, 0.05) is 36.1 Å². The predicted octanol–water partition coefficient (Wildman–Crippen LogP) is 4.21. The summed E-state index contributed by atoms with van der Waals surface area (Å²) in [7, 11) is 1.90. The maximum Gasteiger partial charge on any atom is 0.307 e. The molecule has 4 aromatic rings. The number of aromatic nitrogens is 2. The maximum absolute atomic E-state index is 13.5.